The first-order valence-electron chi connectivity index (χ1n) is 4.36. The monoisotopic (exact) mass is 229 g/mol. The highest BCUT2D eigenvalue weighted by Gasteiger charge is 2.03. The lowest BCUT2D eigenvalue weighted by atomic mass is 10.1. The molecule has 4 heteroatoms. The van der Waals surface area contributed by atoms with E-state index < -0.39 is 0 Å². The molecule has 0 spiro atoms. The fourth-order valence-corrected chi connectivity index (χ4v) is 1.79. The van der Waals surface area contributed by atoms with Gasteiger partial charge < -0.3 is 5.32 Å². The van der Waals surface area contributed by atoms with Crippen LogP contribution in [0, 0.1) is 0 Å². The third kappa shape index (κ3) is 2.93. The molecule has 0 aliphatic rings. The van der Waals surface area contributed by atoms with Gasteiger partial charge in [0.1, 0.15) is 0 Å². The van der Waals surface area contributed by atoms with Gasteiger partial charge in [0, 0.05) is 17.5 Å². The van der Waals surface area contributed by atoms with Crippen LogP contribution in [0.5, 0.6) is 0 Å². The Morgan fingerprint density at radius 2 is 2.29 bits per heavy atom. The summed E-state index contributed by atoms with van der Waals surface area (Å²) in [6, 6.07) is 5.82. The van der Waals surface area contributed by atoms with E-state index in [2.05, 4.69) is 5.32 Å². The summed E-state index contributed by atoms with van der Waals surface area (Å²) in [4.78, 5) is 11.9. The molecule has 2 nitrogen and oxygen atoms in total. The SMILES string of the molecule is CCc1ccc(SCl)cc1NC(C)=O. The molecule has 0 aromatic heterocycles. The second kappa shape index (κ2) is 5.27. The molecule has 0 radical (unpaired) electrons. The minimum absolute atomic E-state index is 0.0589. The Hall–Kier alpha value is -0.670. The molecular formula is C10H12ClNOS. The first-order chi connectivity index (χ1) is 6.67. The van der Waals surface area contributed by atoms with Crippen molar-refractivity contribution in [3.05, 3.63) is 23.8 Å². The van der Waals surface area contributed by atoms with Crippen LogP contribution in [0.15, 0.2) is 23.1 Å². The van der Waals surface area contributed by atoms with E-state index in [4.69, 9.17) is 10.7 Å². The number of hydrogen-bond acceptors (Lipinski definition) is 2. The molecule has 14 heavy (non-hydrogen) atoms. The van der Waals surface area contributed by atoms with Gasteiger partial charge in [-0.25, -0.2) is 0 Å². The standard InChI is InChI=1S/C10H12ClNOS/c1-3-8-4-5-9(14-11)6-10(8)12-7(2)13/h4-6H,3H2,1-2H3,(H,12,13). The third-order valence-corrected chi connectivity index (χ3v) is 2.83. The molecule has 76 valence electrons. The quantitative estimate of drug-likeness (QED) is 0.860. The van der Waals surface area contributed by atoms with Gasteiger partial charge in [-0.1, -0.05) is 13.0 Å². The minimum atomic E-state index is -0.0589. The highest BCUT2D eigenvalue weighted by molar-refractivity contribution is 8.21. The number of amides is 1. The van der Waals surface area contributed by atoms with Gasteiger partial charge in [0.25, 0.3) is 0 Å². The number of rotatable bonds is 3. The maximum atomic E-state index is 10.9. The van der Waals surface area contributed by atoms with Gasteiger partial charge in [-0.15, -0.1) is 0 Å². The zero-order valence-corrected chi connectivity index (χ0v) is 9.71. The van der Waals surface area contributed by atoms with E-state index in [9.17, 15) is 4.79 Å². The predicted molar refractivity (Wildman–Crippen MR) is 61.8 cm³/mol. The Labute approximate surface area is 92.5 Å². The Balaban J connectivity index is 3.01. The van der Waals surface area contributed by atoms with Crippen LogP contribution in [0.3, 0.4) is 0 Å². The van der Waals surface area contributed by atoms with Gasteiger partial charge in [0.15, 0.2) is 0 Å². The van der Waals surface area contributed by atoms with Gasteiger partial charge in [0.05, 0.1) is 0 Å². The van der Waals surface area contributed by atoms with Gasteiger partial charge in [-0.2, -0.15) is 0 Å². The van der Waals surface area contributed by atoms with Gasteiger partial charge in [0.2, 0.25) is 5.91 Å². The molecule has 0 unspecified atom stereocenters. The maximum absolute atomic E-state index is 10.9. The lowest BCUT2D eigenvalue weighted by Crippen LogP contribution is -2.07. The summed E-state index contributed by atoms with van der Waals surface area (Å²) in [6.45, 7) is 3.55. The van der Waals surface area contributed by atoms with Gasteiger partial charge in [-0.3, -0.25) is 4.79 Å². The van der Waals surface area contributed by atoms with Gasteiger partial charge in [-0.05, 0) is 45.8 Å². The Bertz CT molecular complexity index is 341. The fourth-order valence-electron chi connectivity index (χ4n) is 1.22. The second-order valence-electron chi connectivity index (χ2n) is 2.93. The number of aryl methyl sites for hydroxylation is 1. The number of nitrogens with one attached hydrogen (secondary N) is 1. The fraction of sp³-hybridized carbons (Fsp3) is 0.300. The maximum Gasteiger partial charge on any atom is 0.221 e. The van der Waals surface area contributed by atoms with Crippen molar-refractivity contribution in [1.29, 1.82) is 0 Å². The third-order valence-electron chi connectivity index (χ3n) is 1.86. The average Bonchev–Trinajstić information content (AvgIpc) is 2.16. The lowest BCUT2D eigenvalue weighted by Gasteiger charge is -2.09. The van der Waals surface area contributed by atoms with E-state index in [-0.39, 0.29) is 5.91 Å². The molecule has 1 aromatic carbocycles. The van der Waals surface area contributed by atoms with Crippen molar-refractivity contribution in [1.82, 2.24) is 0 Å². The number of carbonyl (C=O) groups excluding carboxylic acids is 1. The van der Waals surface area contributed by atoms with Crippen LogP contribution in [0.4, 0.5) is 5.69 Å². The van der Waals surface area contributed by atoms with Crippen LogP contribution in [0.2, 0.25) is 0 Å². The molecule has 0 atom stereocenters. The molecule has 0 fully saturated rings. The summed E-state index contributed by atoms with van der Waals surface area (Å²) in [6.07, 6.45) is 0.892. The molecule has 0 saturated heterocycles. The van der Waals surface area contributed by atoms with Crippen LogP contribution in [0.1, 0.15) is 19.4 Å². The zero-order valence-electron chi connectivity index (χ0n) is 8.13. The Kier molecular flexibility index (Phi) is 4.29. The molecule has 0 aliphatic heterocycles. The molecule has 1 rings (SSSR count). The van der Waals surface area contributed by atoms with Crippen molar-refractivity contribution in [3.8, 4) is 0 Å². The largest absolute Gasteiger partial charge is 0.326 e. The average molecular weight is 230 g/mol. The topological polar surface area (TPSA) is 29.1 Å². The second-order valence-corrected chi connectivity index (χ2v) is 4.02. The molecular weight excluding hydrogens is 218 g/mol. The summed E-state index contributed by atoms with van der Waals surface area (Å²) in [5, 5.41) is 2.79. The summed E-state index contributed by atoms with van der Waals surface area (Å²) in [5.41, 5.74) is 1.97. The summed E-state index contributed by atoms with van der Waals surface area (Å²) in [7, 11) is 6.79. The zero-order chi connectivity index (χ0) is 10.6. The van der Waals surface area contributed by atoms with Crippen molar-refractivity contribution in [2.75, 3.05) is 5.32 Å². The first-order valence-corrected chi connectivity index (χ1v) is 6.00. The number of anilines is 1. The van der Waals surface area contributed by atoms with Crippen LogP contribution in [-0.4, -0.2) is 5.91 Å². The van der Waals surface area contributed by atoms with E-state index in [1.807, 2.05) is 25.1 Å². The molecule has 0 saturated carbocycles. The molecule has 0 bridgehead atoms. The van der Waals surface area contributed by atoms with Crippen LogP contribution >= 0.6 is 21.7 Å². The van der Waals surface area contributed by atoms with Gasteiger partial charge >= 0.3 is 0 Å². The number of carbonyl (C=O) groups is 1. The van der Waals surface area contributed by atoms with E-state index in [1.54, 1.807) is 0 Å². The van der Waals surface area contributed by atoms with Crippen LogP contribution in [0.25, 0.3) is 0 Å². The summed E-state index contributed by atoms with van der Waals surface area (Å²) >= 11 is 0. The number of halogens is 1. The van der Waals surface area contributed by atoms with E-state index in [1.165, 1.54) is 6.92 Å². The molecule has 0 heterocycles. The molecule has 1 aromatic rings. The van der Waals surface area contributed by atoms with Crippen molar-refractivity contribution in [2.45, 2.75) is 25.2 Å². The van der Waals surface area contributed by atoms with Crippen LogP contribution in [-0.2, 0) is 11.2 Å². The van der Waals surface area contributed by atoms with E-state index >= 15 is 0 Å². The highest BCUT2D eigenvalue weighted by Crippen LogP contribution is 2.27. The van der Waals surface area contributed by atoms with E-state index in [0.29, 0.717) is 0 Å². The van der Waals surface area contributed by atoms with E-state index in [0.717, 1.165) is 33.5 Å². The van der Waals surface area contributed by atoms with Crippen LogP contribution < -0.4 is 5.32 Å². The molecule has 0 aliphatic carbocycles. The minimum Gasteiger partial charge on any atom is -0.326 e. The summed E-state index contributed by atoms with van der Waals surface area (Å²) < 4.78 is 0. The van der Waals surface area contributed by atoms with Crippen molar-refractivity contribution in [2.24, 2.45) is 0 Å². The first kappa shape index (κ1) is 11.4. The number of hydrogen-bond donors (Lipinski definition) is 1. The number of benzene rings is 1. The highest BCUT2D eigenvalue weighted by atomic mass is 35.7. The smallest absolute Gasteiger partial charge is 0.221 e. The Morgan fingerprint density at radius 1 is 1.57 bits per heavy atom. The van der Waals surface area contributed by atoms with Crippen molar-refractivity contribution < 1.29 is 4.79 Å². The van der Waals surface area contributed by atoms with Crippen molar-refractivity contribution >= 4 is 33.3 Å². The molecule has 1 amide bonds. The predicted octanol–water partition coefficient (Wildman–Crippen LogP) is 3.45. The van der Waals surface area contributed by atoms with Crippen molar-refractivity contribution in [3.63, 3.8) is 0 Å². The summed E-state index contributed by atoms with van der Waals surface area (Å²) in [5.74, 6) is -0.0589. The Morgan fingerprint density at radius 3 is 2.79 bits per heavy atom. The molecule has 1 N–H and O–H groups in total. The normalized spacial score (nSPS) is 9.93. The lowest BCUT2D eigenvalue weighted by molar-refractivity contribution is -0.114.